The smallest absolute Gasteiger partial charge is 0.243 e. The zero-order valence-electron chi connectivity index (χ0n) is 10.5. The average molecular weight is 238 g/mol. The molecule has 4 nitrogen and oxygen atoms in total. The van der Waals surface area contributed by atoms with Crippen molar-refractivity contribution in [3.8, 4) is 0 Å². The predicted molar refractivity (Wildman–Crippen MR) is 69.2 cm³/mol. The molecule has 1 aliphatic rings. The number of primary amides is 1. The maximum atomic E-state index is 10.9. The molecule has 0 bridgehead atoms. The van der Waals surface area contributed by atoms with E-state index < -0.39 is 5.91 Å². The van der Waals surface area contributed by atoms with Gasteiger partial charge in [0, 0.05) is 11.6 Å². The molecule has 1 aliphatic carbocycles. The minimum Gasteiger partial charge on any atom is -0.366 e. The summed E-state index contributed by atoms with van der Waals surface area (Å²) in [6.45, 7) is 8.27. The average Bonchev–Trinajstić information content (AvgIpc) is 2.31. The molecule has 1 rings (SSSR count). The van der Waals surface area contributed by atoms with Crippen LogP contribution in [0.2, 0.25) is 0 Å². The van der Waals surface area contributed by atoms with Gasteiger partial charge in [0.05, 0.1) is 0 Å². The Labute approximate surface area is 103 Å². The first-order valence-electron chi connectivity index (χ1n) is 5.85. The molecule has 0 spiro atoms. The van der Waals surface area contributed by atoms with E-state index in [0.29, 0.717) is 11.6 Å². The molecule has 1 fully saturated rings. The van der Waals surface area contributed by atoms with Gasteiger partial charge in [0.2, 0.25) is 11.8 Å². The highest BCUT2D eigenvalue weighted by Gasteiger charge is 2.13. The topological polar surface area (TPSA) is 72.2 Å². The summed E-state index contributed by atoms with van der Waals surface area (Å²) in [5.74, 6) is -0.466. The Kier molecular flexibility index (Phi) is 7.76. The van der Waals surface area contributed by atoms with Gasteiger partial charge in [-0.2, -0.15) is 0 Å². The third kappa shape index (κ3) is 8.25. The third-order valence-electron chi connectivity index (χ3n) is 2.56. The molecule has 96 valence electrons. The zero-order chi connectivity index (χ0) is 13.3. The van der Waals surface area contributed by atoms with Crippen LogP contribution in [0.5, 0.6) is 0 Å². The summed E-state index contributed by atoms with van der Waals surface area (Å²) in [5, 5.41) is 2.91. The van der Waals surface area contributed by atoms with Gasteiger partial charge in [0.15, 0.2) is 0 Å². The van der Waals surface area contributed by atoms with Gasteiger partial charge < -0.3 is 11.1 Å². The van der Waals surface area contributed by atoms with Crippen LogP contribution in [-0.4, -0.2) is 17.9 Å². The quantitative estimate of drug-likeness (QED) is 0.734. The van der Waals surface area contributed by atoms with E-state index >= 15 is 0 Å². The van der Waals surface area contributed by atoms with Crippen LogP contribution in [0.25, 0.3) is 0 Å². The Morgan fingerprint density at radius 3 is 2.12 bits per heavy atom. The number of amides is 2. The van der Waals surface area contributed by atoms with Crippen molar-refractivity contribution in [3.63, 3.8) is 0 Å². The molecule has 0 aromatic heterocycles. The minimum absolute atomic E-state index is 0.0306. The fourth-order valence-corrected chi connectivity index (χ4v) is 1.51. The first kappa shape index (κ1) is 15.4. The molecule has 0 unspecified atom stereocenters. The van der Waals surface area contributed by atoms with E-state index in [1.165, 1.54) is 25.3 Å². The molecule has 0 atom stereocenters. The lowest BCUT2D eigenvalue weighted by Gasteiger charge is -2.21. The Morgan fingerprint density at radius 2 is 1.76 bits per heavy atom. The Hall–Kier alpha value is -1.58. The van der Waals surface area contributed by atoms with Crippen LogP contribution < -0.4 is 11.1 Å². The molecule has 0 saturated heterocycles. The molecular weight excluding hydrogens is 216 g/mol. The lowest BCUT2D eigenvalue weighted by Crippen LogP contribution is -2.34. The molecule has 0 aromatic carbocycles. The summed E-state index contributed by atoms with van der Waals surface area (Å²) in [5.41, 5.74) is 5.09. The summed E-state index contributed by atoms with van der Waals surface area (Å²) < 4.78 is 0. The number of nitrogens with two attached hydrogens (primary N) is 1. The standard InChI is InChI=1S/C9H15NO.C4H7NO/c1-2-9(11)10-8-6-4-3-5-7-8;1-3(2)4(5)6/h2,8H,1,3-7H2,(H,10,11);1H2,2H3,(H2,5,6). The Morgan fingerprint density at radius 1 is 1.29 bits per heavy atom. The van der Waals surface area contributed by atoms with Crippen LogP contribution in [0.15, 0.2) is 24.8 Å². The van der Waals surface area contributed by atoms with Gasteiger partial charge in [-0.1, -0.05) is 32.4 Å². The van der Waals surface area contributed by atoms with Gasteiger partial charge in [-0.3, -0.25) is 9.59 Å². The van der Waals surface area contributed by atoms with Crippen LogP contribution in [0, 0.1) is 0 Å². The largest absolute Gasteiger partial charge is 0.366 e. The van der Waals surface area contributed by atoms with Crippen LogP contribution in [0.3, 0.4) is 0 Å². The second-order valence-corrected chi connectivity index (χ2v) is 4.19. The van der Waals surface area contributed by atoms with Gasteiger partial charge in [-0.15, -0.1) is 0 Å². The molecule has 4 heteroatoms. The monoisotopic (exact) mass is 238 g/mol. The zero-order valence-corrected chi connectivity index (χ0v) is 10.5. The highest BCUT2D eigenvalue weighted by molar-refractivity contribution is 5.90. The Balaban J connectivity index is 0.000000366. The number of hydrogen-bond donors (Lipinski definition) is 2. The van der Waals surface area contributed by atoms with Gasteiger partial charge in [0.1, 0.15) is 0 Å². The lowest BCUT2D eigenvalue weighted by molar-refractivity contribution is -0.117. The van der Waals surface area contributed by atoms with E-state index in [1.807, 2.05) is 0 Å². The van der Waals surface area contributed by atoms with Crippen molar-refractivity contribution in [3.05, 3.63) is 24.8 Å². The van der Waals surface area contributed by atoms with E-state index in [0.717, 1.165) is 12.8 Å². The first-order valence-corrected chi connectivity index (χ1v) is 5.85. The van der Waals surface area contributed by atoms with E-state index in [-0.39, 0.29) is 5.91 Å². The summed E-state index contributed by atoms with van der Waals surface area (Å²) in [6.07, 6.45) is 7.44. The third-order valence-corrected chi connectivity index (χ3v) is 2.56. The molecule has 0 heterocycles. The van der Waals surface area contributed by atoms with Crippen molar-refractivity contribution in [2.45, 2.75) is 45.1 Å². The van der Waals surface area contributed by atoms with Crippen molar-refractivity contribution in [2.24, 2.45) is 5.73 Å². The molecule has 0 aromatic rings. The van der Waals surface area contributed by atoms with Gasteiger partial charge in [-0.25, -0.2) is 0 Å². The highest BCUT2D eigenvalue weighted by atomic mass is 16.1. The molecular formula is C13H22N2O2. The normalized spacial score (nSPS) is 15.1. The number of carbonyl (C=O) groups is 2. The number of hydrogen-bond acceptors (Lipinski definition) is 2. The fourth-order valence-electron chi connectivity index (χ4n) is 1.51. The van der Waals surface area contributed by atoms with E-state index in [4.69, 9.17) is 5.73 Å². The SMILES string of the molecule is C=C(C)C(N)=O.C=CC(=O)NC1CCCCC1. The van der Waals surface area contributed by atoms with Crippen LogP contribution in [-0.2, 0) is 9.59 Å². The van der Waals surface area contributed by atoms with Crippen LogP contribution in [0.4, 0.5) is 0 Å². The minimum atomic E-state index is -0.435. The van der Waals surface area contributed by atoms with Crippen molar-refractivity contribution in [2.75, 3.05) is 0 Å². The molecule has 3 N–H and O–H groups in total. The summed E-state index contributed by atoms with van der Waals surface area (Å²) in [7, 11) is 0. The molecule has 0 radical (unpaired) electrons. The van der Waals surface area contributed by atoms with Crippen molar-refractivity contribution in [1.29, 1.82) is 0 Å². The molecule has 1 saturated carbocycles. The molecule has 0 aliphatic heterocycles. The van der Waals surface area contributed by atoms with Crippen LogP contribution in [0.1, 0.15) is 39.0 Å². The summed E-state index contributed by atoms with van der Waals surface area (Å²) >= 11 is 0. The number of nitrogens with one attached hydrogen (secondary N) is 1. The van der Waals surface area contributed by atoms with E-state index in [2.05, 4.69) is 18.5 Å². The van der Waals surface area contributed by atoms with Crippen molar-refractivity contribution in [1.82, 2.24) is 5.32 Å². The number of carbonyl (C=O) groups excluding carboxylic acids is 2. The second kappa shape index (κ2) is 8.56. The van der Waals surface area contributed by atoms with Gasteiger partial charge in [-0.05, 0) is 25.8 Å². The van der Waals surface area contributed by atoms with E-state index in [1.54, 1.807) is 6.92 Å². The van der Waals surface area contributed by atoms with Crippen LogP contribution >= 0.6 is 0 Å². The van der Waals surface area contributed by atoms with Gasteiger partial charge >= 0.3 is 0 Å². The van der Waals surface area contributed by atoms with Crippen molar-refractivity contribution >= 4 is 11.8 Å². The van der Waals surface area contributed by atoms with Crippen molar-refractivity contribution < 1.29 is 9.59 Å². The Bertz CT molecular complexity index is 280. The summed E-state index contributed by atoms with van der Waals surface area (Å²) in [4.78, 5) is 20.7. The number of rotatable bonds is 3. The fraction of sp³-hybridized carbons (Fsp3) is 0.538. The summed E-state index contributed by atoms with van der Waals surface area (Å²) in [6, 6.07) is 0.411. The van der Waals surface area contributed by atoms with Gasteiger partial charge in [0.25, 0.3) is 0 Å². The molecule has 2 amide bonds. The predicted octanol–water partition coefficient (Wildman–Crippen LogP) is 1.67. The highest BCUT2D eigenvalue weighted by Crippen LogP contribution is 2.17. The maximum Gasteiger partial charge on any atom is 0.243 e. The second-order valence-electron chi connectivity index (χ2n) is 4.19. The first-order chi connectivity index (χ1) is 7.97. The lowest BCUT2D eigenvalue weighted by atomic mass is 9.95. The van der Waals surface area contributed by atoms with E-state index in [9.17, 15) is 9.59 Å². The molecule has 17 heavy (non-hydrogen) atoms. The maximum absolute atomic E-state index is 10.9.